The van der Waals surface area contributed by atoms with Crippen molar-refractivity contribution < 1.29 is 4.74 Å². The van der Waals surface area contributed by atoms with E-state index in [4.69, 9.17) is 4.74 Å². The SMILES string of the molecule is CC(C)(CS)CN1CCOc2ccccc2C1. The molecule has 3 heteroatoms. The van der Waals surface area contributed by atoms with Crippen LogP contribution in [0.5, 0.6) is 5.75 Å². The van der Waals surface area contributed by atoms with Crippen molar-refractivity contribution in [3.63, 3.8) is 0 Å². The molecule has 0 saturated carbocycles. The Morgan fingerprint density at radius 1 is 1.35 bits per heavy atom. The maximum Gasteiger partial charge on any atom is 0.123 e. The van der Waals surface area contributed by atoms with Crippen LogP contribution in [0.4, 0.5) is 0 Å². The number of hydrogen-bond donors (Lipinski definition) is 1. The van der Waals surface area contributed by atoms with Gasteiger partial charge in [-0.05, 0) is 17.2 Å². The topological polar surface area (TPSA) is 12.5 Å². The van der Waals surface area contributed by atoms with Gasteiger partial charge in [-0.2, -0.15) is 12.6 Å². The lowest BCUT2D eigenvalue weighted by Gasteiger charge is -2.30. The smallest absolute Gasteiger partial charge is 0.123 e. The highest BCUT2D eigenvalue weighted by atomic mass is 32.1. The number of ether oxygens (including phenoxy) is 1. The average Bonchev–Trinajstić information content (AvgIpc) is 2.50. The maximum absolute atomic E-state index is 5.77. The fraction of sp³-hybridized carbons (Fsp3) is 0.571. The molecule has 0 unspecified atom stereocenters. The van der Waals surface area contributed by atoms with Gasteiger partial charge in [0.25, 0.3) is 0 Å². The van der Waals surface area contributed by atoms with E-state index in [0.717, 1.165) is 37.7 Å². The molecule has 94 valence electrons. The summed E-state index contributed by atoms with van der Waals surface area (Å²) in [4.78, 5) is 2.46. The molecule has 0 aliphatic carbocycles. The van der Waals surface area contributed by atoms with Crippen molar-refractivity contribution in [3.05, 3.63) is 29.8 Å². The summed E-state index contributed by atoms with van der Waals surface area (Å²) in [5.74, 6) is 1.95. The monoisotopic (exact) mass is 251 g/mol. The zero-order chi connectivity index (χ0) is 12.3. The maximum atomic E-state index is 5.77. The fourth-order valence-electron chi connectivity index (χ4n) is 2.17. The van der Waals surface area contributed by atoms with Gasteiger partial charge in [-0.3, -0.25) is 4.90 Å². The minimum Gasteiger partial charge on any atom is -0.492 e. The van der Waals surface area contributed by atoms with E-state index < -0.39 is 0 Å². The number of benzene rings is 1. The second-order valence-corrected chi connectivity index (χ2v) is 5.81. The van der Waals surface area contributed by atoms with Gasteiger partial charge in [0, 0.05) is 25.2 Å². The van der Waals surface area contributed by atoms with Crippen molar-refractivity contribution >= 4 is 12.6 Å². The van der Waals surface area contributed by atoms with Gasteiger partial charge in [-0.25, -0.2) is 0 Å². The Balaban J connectivity index is 2.08. The van der Waals surface area contributed by atoms with Gasteiger partial charge >= 0.3 is 0 Å². The first-order chi connectivity index (χ1) is 8.11. The van der Waals surface area contributed by atoms with Crippen molar-refractivity contribution in [1.29, 1.82) is 0 Å². The van der Waals surface area contributed by atoms with Gasteiger partial charge in [0.1, 0.15) is 12.4 Å². The first-order valence-electron chi connectivity index (χ1n) is 6.15. The number of rotatable bonds is 3. The number of hydrogen-bond acceptors (Lipinski definition) is 3. The molecule has 0 atom stereocenters. The summed E-state index contributed by atoms with van der Waals surface area (Å²) in [6, 6.07) is 8.32. The lowest BCUT2D eigenvalue weighted by Crippen LogP contribution is -2.36. The summed E-state index contributed by atoms with van der Waals surface area (Å²) in [7, 11) is 0. The minimum atomic E-state index is 0.252. The standard InChI is InChI=1S/C14H21NOS/c1-14(2,11-17)10-15-7-8-16-13-6-4-3-5-12(13)9-15/h3-6,17H,7-11H2,1-2H3. The van der Waals surface area contributed by atoms with Crippen LogP contribution in [0.15, 0.2) is 24.3 Å². The molecule has 2 rings (SSSR count). The van der Waals surface area contributed by atoms with E-state index in [0.29, 0.717) is 0 Å². The lowest BCUT2D eigenvalue weighted by molar-refractivity contribution is 0.171. The molecule has 0 fully saturated rings. The van der Waals surface area contributed by atoms with E-state index in [2.05, 4.69) is 49.6 Å². The van der Waals surface area contributed by atoms with E-state index in [9.17, 15) is 0 Å². The van der Waals surface area contributed by atoms with E-state index in [1.54, 1.807) is 0 Å². The number of fused-ring (bicyclic) bond motifs is 1. The molecule has 0 N–H and O–H groups in total. The average molecular weight is 251 g/mol. The predicted molar refractivity (Wildman–Crippen MR) is 74.8 cm³/mol. The number of nitrogens with zero attached hydrogens (tertiary/aromatic N) is 1. The van der Waals surface area contributed by atoms with Gasteiger partial charge < -0.3 is 4.74 Å². The molecular formula is C14H21NOS. The molecule has 1 aliphatic rings. The van der Waals surface area contributed by atoms with Crippen LogP contribution in [0, 0.1) is 5.41 Å². The van der Waals surface area contributed by atoms with Crippen LogP contribution >= 0.6 is 12.6 Å². The van der Waals surface area contributed by atoms with Crippen molar-refractivity contribution in [1.82, 2.24) is 4.90 Å². The van der Waals surface area contributed by atoms with E-state index >= 15 is 0 Å². The molecule has 0 spiro atoms. The molecule has 1 aliphatic heterocycles. The van der Waals surface area contributed by atoms with Crippen LogP contribution in [-0.2, 0) is 6.54 Å². The first-order valence-corrected chi connectivity index (χ1v) is 6.78. The molecule has 0 amide bonds. The van der Waals surface area contributed by atoms with Crippen LogP contribution in [0.2, 0.25) is 0 Å². The van der Waals surface area contributed by atoms with E-state index in [1.807, 2.05) is 6.07 Å². The second-order valence-electron chi connectivity index (χ2n) is 5.49. The van der Waals surface area contributed by atoms with Crippen LogP contribution in [-0.4, -0.2) is 30.3 Å². The van der Waals surface area contributed by atoms with Crippen molar-refractivity contribution in [2.45, 2.75) is 20.4 Å². The lowest BCUT2D eigenvalue weighted by atomic mass is 9.95. The molecule has 1 heterocycles. The summed E-state index contributed by atoms with van der Waals surface area (Å²) in [5.41, 5.74) is 1.54. The van der Waals surface area contributed by atoms with Crippen LogP contribution < -0.4 is 4.74 Å². The highest BCUT2D eigenvalue weighted by Gasteiger charge is 2.22. The summed E-state index contributed by atoms with van der Waals surface area (Å²) in [6.07, 6.45) is 0. The quantitative estimate of drug-likeness (QED) is 0.829. The third-order valence-electron chi connectivity index (χ3n) is 3.11. The van der Waals surface area contributed by atoms with Crippen molar-refractivity contribution in [2.75, 3.05) is 25.4 Å². The Morgan fingerprint density at radius 2 is 2.12 bits per heavy atom. The minimum absolute atomic E-state index is 0.252. The molecule has 17 heavy (non-hydrogen) atoms. The zero-order valence-corrected chi connectivity index (χ0v) is 11.5. The van der Waals surface area contributed by atoms with Crippen LogP contribution in [0.25, 0.3) is 0 Å². The van der Waals surface area contributed by atoms with Gasteiger partial charge in [0.15, 0.2) is 0 Å². The summed E-state index contributed by atoms with van der Waals surface area (Å²) < 4.78 is 5.77. The fourth-order valence-corrected chi connectivity index (χ4v) is 2.27. The number of thiol groups is 1. The van der Waals surface area contributed by atoms with E-state index in [1.165, 1.54) is 5.56 Å². The molecule has 0 saturated heterocycles. The van der Waals surface area contributed by atoms with Crippen LogP contribution in [0.3, 0.4) is 0 Å². The second kappa shape index (κ2) is 5.32. The highest BCUT2D eigenvalue weighted by Crippen LogP contribution is 2.25. The molecule has 0 aromatic heterocycles. The molecule has 0 radical (unpaired) electrons. The zero-order valence-electron chi connectivity index (χ0n) is 10.6. The van der Waals surface area contributed by atoms with Gasteiger partial charge in [-0.1, -0.05) is 32.0 Å². The van der Waals surface area contributed by atoms with Crippen molar-refractivity contribution in [3.8, 4) is 5.75 Å². The molecule has 1 aromatic rings. The predicted octanol–water partition coefficient (Wildman–Crippen LogP) is 2.84. The molecular weight excluding hydrogens is 230 g/mol. The largest absolute Gasteiger partial charge is 0.492 e. The van der Waals surface area contributed by atoms with Gasteiger partial charge in [-0.15, -0.1) is 0 Å². The normalized spacial score (nSPS) is 17.1. The molecule has 0 bridgehead atoms. The summed E-state index contributed by atoms with van der Waals surface area (Å²) in [6.45, 7) is 8.34. The number of para-hydroxylation sites is 1. The Hall–Kier alpha value is -0.670. The van der Waals surface area contributed by atoms with Gasteiger partial charge in [0.05, 0.1) is 0 Å². The summed E-state index contributed by atoms with van der Waals surface area (Å²) >= 11 is 4.43. The Morgan fingerprint density at radius 3 is 2.88 bits per heavy atom. The van der Waals surface area contributed by atoms with Gasteiger partial charge in [0.2, 0.25) is 0 Å². The third kappa shape index (κ3) is 3.39. The Bertz CT molecular complexity index is 378. The molecule has 1 aromatic carbocycles. The first kappa shape index (κ1) is 12.8. The van der Waals surface area contributed by atoms with E-state index in [-0.39, 0.29) is 5.41 Å². The summed E-state index contributed by atoms with van der Waals surface area (Å²) in [5, 5.41) is 0. The Labute approximate surface area is 109 Å². The Kier molecular flexibility index (Phi) is 4.00. The van der Waals surface area contributed by atoms with Crippen molar-refractivity contribution in [2.24, 2.45) is 5.41 Å². The van der Waals surface area contributed by atoms with Crippen LogP contribution in [0.1, 0.15) is 19.4 Å². The third-order valence-corrected chi connectivity index (χ3v) is 3.97. The molecule has 2 nitrogen and oxygen atoms in total. The highest BCUT2D eigenvalue weighted by molar-refractivity contribution is 7.80.